The van der Waals surface area contributed by atoms with E-state index in [4.69, 9.17) is 10.5 Å². The summed E-state index contributed by atoms with van der Waals surface area (Å²) in [6.45, 7) is 5.99. The van der Waals surface area contributed by atoms with Crippen molar-refractivity contribution in [2.75, 3.05) is 25.5 Å². The minimum Gasteiger partial charge on any atom is -0.399 e. The molecule has 1 aliphatic rings. The van der Waals surface area contributed by atoms with E-state index in [1.807, 2.05) is 43.0 Å². The van der Waals surface area contributed by atoms with E-state index in [9.17, 15) is 4.79 Å². The van der Waals surface area contributed by atoms with Crippen LogP contribution in [0.15, 0.2) is 24.3 Å². The van der Waals surface area contributed by atoms with Gasteiger partial charge in [0.25, 0.3) is 0 Å². The molecule has 2 N–H and O–H groups in total. The summed E-state index contributed by atoms with van der Waals surface area (Å²) in [6, 6.07) is 7.71. The second kappa shape index (κ2) is 5.61. The molecular weight excluding hydrogens is 240 g/mol. The van der Waals surface area contributed by atoms with Gasteiger partial charge in [-0.1, -0.05) is 18.2 Å². The summed E-state index contributed by atoms with van der Waals surface area (Å²) in [5.41, 5.74) is 7.49. The molecule has 0 saturated carbocycles. The second-order valence-corrected chi connectivity index (χ2v) is 5.61. The van der Waals surface area contributed by atoms with Crippen LogP contribution in [0.5, 0.6) is 0 Å². The number of ether oxygens (including phenoxy) is 1. The lowest BCUT2D eigenvalue weighted by molar-refractivity contribution is -0.146. The van der Waals surface area contributed by atoms with E-state index < -0.39 is 0 Å². The fraction of sp³-hybridized carbons (Fsp3) is 0.533. The van der Waals surface area contributed by atoms with E-state index in [-0.39, 0.29) is 11.4 Å². The van der Waals surface area contributed by atoms with E-state index >= 15 is 0 Å². The average molecular weight is 262 g/mol. The number of nitrogen functional groups attached to an aromatic ring is 1. The summed E-state index contributed by atoms with van der Waals surface area (Å²) in [6.07, 6.45) is 1.19. The molecule has 1 fully saturated rings. The van der Waals surface area contributed by atoms with Crippen molar-refractivity contribution in [1.82, 2.24) is 4.90 Å². The molecule has 1 aromatic rings. The van der Waals surface area contributed by atoms with Crippen molar-refractivity contribution in [3.8, 4) is 0 Å². The van der Waals surface area contributed by atoms with Gasteiger partial charge in [0.05, 0.1) is 18.8 Å². The zero-order valence-electron chi connectivity index (χ0n) is 11.7. The molecule has 1 heterocycles. The first-order chi connectivity index (χ1) is 9.00. The first kappa shape index (κ1) is 13.9. The van der Waals surface area contributed by atoms with Crippen LogP contribution < -0.4 is 5.73 Å². The van der Waals surface area contributed by atoms with Crippen molar-refractivity contribution in [3.05, 3.63) is 29.8 Å². The Hall–Kier alpha value is -1.55. The third-order valence-electron chi connectivity index (χ3n) is 3.61. The third kappa shape index (κ3) is 3.26. The molecule has 2 rings (SSSR count). The van der Waals surface area contributed by atoms with Gasteiger partial charge in [-0.05, 0) is 31.9 Å². The summed E-state index contributed by atoms with van der Waals surface area (Å²) in [4.78, 5) is 14.3. The molecule has 0 unspecified atom stereocenters. The van der Waals surface area contributed by atoms with Gasteiger partial charge in [-0.15, -0.1) is 0 Å². The lowest BCUT2D eigenvalue weighted by Crippen LogP contribution is -2.55. The van der Waals surface area contributed by atoms with Gasteiger partial charge < -0.3 is 15.4 Å². The quantitative estimate of drug-likeness (QED) is 0.846. The molecule has 1 aromatic carbocycles. The largest absolute Gasteiger partial charge is 0.399 e. The van der Waals surface area contributed by atoms with Crippen LogP contribution in [0.4, 0.5) is 5.69 Å². The molecule has 0 radical (unpaired) electrons. The number of nitrogens with zero attached hydrogens (tertiary/aromatic N) is 1. The number of aryl methyl sites for hydroxylation is 1. The van der Waals surface area contributed by atoms with Crippen LogP contribution >= 0.6 is 0 Å². The number of nitrogens with two attached hydrogens (primary N) is 1. The van der Waals surface area contributed by atoms with Crippen molar-refractivity contribution in [3.63, 3.8) is 0 Å². The number of hydrogen-bond acceptors (Lipinski definition) is 3. The molecule has 4 heteroatoms. The van der Waals surface area contributed by atoms with Gasteiger partial charge >= 0.3 is 0 Å². The minimum atomic E-state index is -0.211. The van der Waals surface area contributed by atoms with Crippen LogP contribution in [-0.4, -0.2) is 36.1 Å². The van der Waals surface area contributed by atoms with Crippen LogP contribution in [-0.2, 0) is 16.0 Å². The Bertz CT molecular complexity index is 457. The van der Waals surface area contributed by atoms with Gasteiger partial charge in [0.2, 0.25) is 5.91 Å². The molecule has 1 amide bonds. The van der Waals surface area contributed by atoms with Crippen LogP contribution in [0.3, 0.4) is 0 Å². The number of para-hydroxylation sites is 1. The highest BCUT2D eigenvalue weighted by Gasteiger charge is 2.33. The normalized spacial score (nSPS) is 18.3. The monoisotopic (exact) mass is 262 g/mol. The maximum absolute atomic E-state index is 12.3. The van der Waals surface area contributed by atoms with E-state index in [0.717, 1.165) is 11.3 Å². The number of carbonyl (C=O) groups is 1. The molecule has 1 saturated heterocycles. The Balaban J connectivity index is 1.96. The number of amides is 1. The maximum Gasteiger partial charge on any atom is 0.223 e. The summed E-state index contributed by atoms with van der Waals surface area (Å²) >= 11 is 0. The Morgan fingerprint density at radius 3 is 2.84 bits per heavy atom. The lowest BCUT2D eigenvalue weighted by Gasteiger charge is -2.42. The number of hydrogen-bond donors (Lipinski definition) is 1. The Kier molecular flexibility index (Phi) is 4.10. The van der Waals surface area contributed by atoms with Crippen LogP contribution in [0.2, 0.25) is 0 Å². The third-order valence-corrected chi connectivity index (χ3v) is 3.61. The molecule has 19 heavy (non-hydrogen) atoms. The zero-order valence-corrected chi connectivity index (χ0v) is 11.7. The summed E-state index contributed by atoms with van der Waals surface area (Å²) in [5.74, 6) is 0.177. The Morgan fingerprint density at radius 1 is 1.42 bits per heavy atom. The molecule has 104 valence electrons. The van der Waals surface area contributed by atoms with Gasteiger partial charge in [0, 0.05) is 18.7 Å². The van der Waals surface area contributed by atoms with Gasteiger partial charge in [-0.3, -0.25) is 4.79 Å². The van der Waals surface area contributed by atoms with Crippen molar-refractivity contribution < 1.29 is 9.53 Å². The van der Waals surface area contributed by atoms with E-state index in [2.05, 4.69) is 0 Å². The zero-order chi connectivity index (χ0) is 13.9. The smallest absolute Gasteiger partial charge is 0.223 e. The molecule has 1 aliphatic heterocycles. The van der Waals surface area contributed by atoms with Crippen LogP contribution in [0.1, 0.15) is 25.8 Å². The molecule has 0 spiro atoms. The minimum absolute atomic E-state index is 0.177. The number of rotatable bonds is 3. The first-order valence-electron chi connectivity index (χ1n) is 6.72. The summed E-state index contributed by atoms with van der Waals surface area (Å²) < 4.78 is 5.43. The van der Waals surface area contributed by atoms with Gasteiger partial charge in [0.1, 0.15) is 0 Å². The van der Waals surface area contributed by atoms with E-state index in [1.165, 1.54) is 0 Å². The van der Waals surface area contributed by atoms with Crippen molar-refractivity contribution in [2.45, 2.75) is 32.2 Å². The fourth-order valence-electron chi connectivity index (χ4n) is 2.46. The summed E-state index contributed by atoms with van der Waals surface area (Å²) in [5, 5.41) is 0. The van der Waals surface area contributed by atoms with Gasteiger partial charge in [0.15, 0.2) is 0 Å². The molecule has 0 aromatic heterocycles. The second-order valence-electron chi connectivity index (χ2n) is 5.61. The Morgan fingerprint density at radius 2 is 2.16 bits per heavy atom. The van der Waals surface area contributed by atoms with Crippen LogP contribution in [0.25, 0.3) is 0 Å². The average Bonchev–Trinajstić information content (AvgIpc) is 2.37. The van der Waals surface area contributed by atoms with Crippen molar-refractivity contribution >= 4 is 11.6 Å². The number of carbonyl (C=O) groups excluding carboxylic acids is 1. The van der Waals surface area contributed by atoms with Crippen LogP contribution in [0, 0.1) is 0 Å². The molecule has 0 atom stereocenters. The standard InChI is InChI=1S/C15H22N2O2/c1-15(2)11-19-10-9-17(15)14(18)8-7-12-5-3-4-6-13(12)16/h3-6H,7-11,16H2,1-2H3. The topological polar surface area (TPSA) is 55.6 Å². The predicted octanol–water partition coefficient (Wildman–Crippen LogP) is 1.84. The van der Waals surface area contributed by atoms with Gasteiger partial charge in [-0.25, -0.2) is 0 Å². The maximum atomic E-state index is 12.3. The predicted molar refractivity (Wildman–Crippen MR) is 75.8 cm³/mol. The Labute approximate surface area is 114 Å². The van der Waals surface area contributed by atoms with Crippen molar-refractivity contribution in [1.29, 1.82) is 0 Å². The lowest BCUT2D eigenvalue weighted by atomic mass is 10.0. The molecule has 0 bridgehead atoms. The number of morpholine rings is 1. The fourth-order valence-corrected chi connectivity index (χ4v) is 2.46. The SMILES string of the molecule is CC1(C)COCCN1C(=O)CCc1ccccc1N. The van der Waals surface area contributed by atoms with Crippen molar-refractivity contribution in [2.24, 2.45) is 0 Å². The first-order valence-corrected chi connectivity index (χ1v) is 6.72. The highest BCUT2D eigenvalue weighted by Crippen LogP contribution is 2.21. The highest BCUT2D eigenvalue weighted by atomic mass is 16.5. The highest BCUT2D eigenvalue weighted by molar-refractivity contribution is 5.77. The van der Waals surface area contributed by atoms with Gasteiger partial charge in [-0.2, -0.15) is 0 Å². The molecule has 4 nitrogen and oxygen atoms in total. The number of anilines is 1. The molecular formula is C15H22N2O2. The molecule has 0 aliphatic carbocycles. The number of benzene rings is 1. The summed E-state index contributed by atoms with van der Waals surface area (Å²) in [7, 11) is 0. The van der Waals surface area contributed by atoms with E-state index in [0.29, 0.717) is 32.6 Å². The van der Waals surface area contributed by atoms with E-state index in [1.54, 1.807) is 0 Å².